The maximum Gasteiger partial charge on any atom is 0.337 e. The molecule has 0 saturated heterocycles. The molecule has 0 aliphatic rings. The maximum absolute atomic E-state index is 12.7. The number of hydrazine groups is 1. The summed E-state index contributed by atoms with van der Waals surface area (Å²) in [5.74, 6) is -1.27. The van der Waals surface area contributed by atoms with Crippen molar-refractivity contribution in [2.75, 3.05) is 7.11 Å². The second-order valence-electron chi connectivity index (χ2n) is 7.03. The van der Waals surface area contributed by atoms with Gasteiger partial charge in [-0.3, -0.25) is 10.2 Å². The Morgan fingerprint density at radius 1 is 0.871 bits per heavy atom. The summed E-state index contributed by atoms with van der Waals surface area (Å²) in [5.41, 5.74) is 6.01. The largest absolute Gasteiger partial charge is 0.465 e. The molecule has 1 aromatic heterocycles. The Kier molecular flexibility index (Phi) is 6.28. The first-order chi connectivity index (χ1) is 14.6. The van der Waals surface area contributed by atoms with Gasteiger partial charge in [0, 0.05) is 22.6 Å². The Hall–Kier alpha value is -3.43. The highest BCUT2D eigenvalue weighted by Gasteiger charge is 2.20. The maximum atomic E-state index is 12.7. The molecule has 0 aliphatic heterocycles. The highest BCUT2D eigenvalue weighted by atomic mass is 32.2. The van der Waals surface area contributed by atoms with E-state index in [-0.39, 0.29) is 16.0 Å². The summed E-state index contributed by atoms with van der Waals surface area (Å²) in [6.07, 6.45) is 0. The van der Waals surface area contributed by atoms with Crippen LogP contribution in [-0.4, -0.2) is 32.0 Å². The van der Waals surface area contributed by atoms with Gasteiger partial charge >= 0.3 is 5.97 Å². The number of benzene rings is 2. The van der Waals surface area contributed by atoms with E-state index in [1.54, 1.807) is 31.2 Å². The van der Waals surface area contributed by atoms with Crippen LogP contribution in [0.25, 0.3) is 5.69 Å². The molecule has 3 rings (SSSR count). The van der Waals surface area contributed by atoms with E-state index < -0.39 is 21.9 Å². The zero-order valence-electron chi connectivity index (χ0n) is 17.6. The van der Waals surface area contributed by atoms with Crippen molar-refractivity contribution in [2.45, 2.75) is 25.7 Å². The van der Waals surface area contributed by atoms with E-state index in [1.165, 1.54) is 25.3 Å². The minimum Gasteiger partial charge on any atom is -0.465 e. The van der Waals surface area contributed by atoms with Gasteiger partial charge in [0.1, 0.15) is 0 Å². The molecule has 0 radical (unpaired) electrons. The van der Waals surface area contributed by atoms with Gasteiger partial charge in [-0.2, -0.15) is 0 Å². The van der Waals surface area contributed by atoms with Crippen molar-refractivity contribution in [3.63, 3.8) is 0 Å². The molecule has 1 heterocycles. The second-order valence-corrected chi connectivity index (χ2v) is 8.68. The molecule has 0 atom stereocenters. The molecule has 9 heteroatoms. The Balaban J connectivity index is 1.75. The molecule has 2 N–H and O–H groups in total. The molecular formula is C22H23N3O5S. The number of nitrogens with one attached hydrogen (secondary N) is 2. The Morgan fingerprint density at radius 3 is 2.03 bits per heavy atom. The van der Waals surface area contributed by atoms with E-state index in [4.69, 9.17) is 0 Å². The van der Waals surface area contributed by atoms with Crippen LogP contribution in [0.4, 0.5) is 0 Å². The van der Waals surface area contributed by atoms with Crippen LogP contribution in [0.15, 0.2) is 59.5 Å². The Labute approximate surface area is 180 Å². The molecule has 0 spiro atoms. The third-order valence-corrected chi connectivity index (χ3v) is 6.25. The molecule has 1 amide bonds. The van der Waals surface area contributed by atoms with E-state index in [0.29, 0.717) is 5.56 Å². The predicted octanol–water partition coefficient (Wildman–Crippen LogP) is 2.81. The van der Waals surface area contributed by atoms with Crippen molar-refractivity contribution in [3.8, 4) is 5.69 Å². The van der Waals surface area contributed by atoms with Crippen LogP contribution in [0.2, 0.25) is 0 Å². The zero-order valence-corrected chi connectivity index (χ0v) is 18.4. The number of ether oxygens (including phenoxy) is 1. The summed E-state index contributed by atoms with van der Waals surface area (Å²) in [7, 11) is -2.90. The number of amides is 1. The monoisotopic (exact) mass is 441 g/mol. The van der Waals surface area contributed by atoms with Gasteiger partial charge in [-0.15, -0.1) is 4.83 Å². The van der Waals surface area contributed by atoms with Crippen molar-refractivity contribution in [3.05, 3.63) is 82.7 Å². The standard InChI is InChI=1S/C22H23N3O5S/c1-14-5-8-18(22(27)30-4)13-20(14)31(28,29)24-23-21(26)17-9-11-19(12-10-17)25-15(2)6-7-16(25)3/h5-13,24H,1-4H3,(H,23,26). The van der Waals surface area contributed by atoms with Crippen LogP contribution < -0.4 is 10.3 Å². The fraction of sp³-hybridized carbons (Fsp3) is 0.182. The predicted molar refractivity (Wildman–Crippen MR) is 116 cm³/mol. The number of sulfonamides is 1. The van der Waals surface area contributed by atoms with E-state index >= 15 is 0 Å². The minimum absolute atomic E-state index is 0.0889. The van der Waals surface area contributed by atoms with Crippen molar-refractivity contribution in [1.29, 1.82) is 0 Å². The molecule has 0 unspecified atom stereocenters. The van der Waals surface area contributed by atoms with E-state index in [9.17, 15) is 18.0 Å². The second kappa shape index (κ2) is 8.75. The fourth-order valence-electron chi connectivity index (χ4n) is 3.21. The highest BCUT2D eigenvalue weighted by Crippen LogP contribution is 2.18. The molecule has 31 heavy (non-hydrogen) atoms. The molecule has 0 saturated carbocycles. The smallest absolute Gasteiger partial charge is 0.337 e. The lowest BCUT2D eigenvalue weighted by atomic mass is 10.1. The molecule has 162 valence electrons. The third-order valence-electron chi connectivity index (χ3n) is 4.86. The number of aryl methyl sites for hydroxylation is 3. The number of aromatic nitrogens is 1. The third kappa shape index (κ3) is 4.68. The summed E-state index contributed by atoms with van der Waals surface area (Å²) in [4.78, 5) is 26.1. The lowest BCUT2D eigenvalue weighted by molar-refractivity contribution is 0.0600. The molecule has 8 nitrogen and oxygen atoms in total. The highest BCUT2D eigenvalue weighted by molar-refractivity contribution is 7.89. The molecule has 2 aromatic carbocycles. The topological polar surface area (TPSA) is 106 Å². The van der Waals surface area contributed by atoms with Gasteiger partial charge < -0.3 is 9.30 Å². The van der Waals surface area contributed by atoms with E-state index in [0.717, 1.165) is 17.1 Å². The van der Waals surface area contributed by atoms with Crippen LogP contribution in [0.1, 0.15) is 37.7 Å². The SMILES string of the molecule is COC(=O)c1ccc(C)c(S(=O)(=O)NNC(=O)c2ccc(-n3c(C)ccc3C)cc2)c1. The van der Waals surface area contributed by atoms with Crippen molar-refractivity contribution < 1.29 is 22.7 Å². The Morgan fingerprint density at radius 2 is 1.45 bits per heavy atom. The van der Waals surface area contributed by atoms with Crippen LogP contribution in [-0.2, 0) is 14.8 Å². The average Bonchev–Trinajstić information content (AvgIpc) is 3.09. The van der Waals surface area contributed by atoms with Gasteiger partial charge in [0.05, 0.1) is 17.6 Å². The van der Waals surface area contributed by atoms with E-state index in [1.807, 2.05) is 30.5 Å². The normalized spacial score (nSPS) is 11.2. The van der Waals surface area contributed by atoms with Crippen LogP contribution in [0.3, 0.4) is 0 Å². The van der Waals surface area contributed by atoms with Gasteiger partial charge in [-0.25, -0.2) is 13.2 Å². The zero-order chi connectivity index (χ0) is 22.8. The number of methoxy groups -OCH3 is 1. The molecule has 0 fully saturated rings. The summed E-state index contributed by atoms with van der Waals surface area (Å²) >= 11 is 0. The first-order valence-electron chi connectivity index (χ1n) is 9.40. The molecule has 0 bridgehead atoms. The first kappa shape index (κ1) is 22.3. The first-order valence-corrected chi connectivity index (χ1v) is 10.9. The van der Waals surface area contributed by atoms with Gasteiger partial charge in [0.25, 0.3) is 15.9 Å². The summed E-state index contributed by atoms with van der Waals surface area (Å²) in [5, 5.41) is 0. The van der Waals surface area contributed by atoms with Crippen molar-refractivity contribution >= 4 is 21.9 Å². The number of carbonyl (C=O) groups is 2. The summed E-state index contributed by atoms with van der Waals surface area (Å²) in [6.45, 7) is 5.56. The van der Waals surface area contributed by atoms with Gasteiger partial charge in [-0.1, -0.05) is 6.07 Å². The van der Waals surface area contributed by atoms with Crippen molar-refractivity contribution in [1.82, 2.24) is 14.8 Å². The van der Waals surface area contributed by atoms with Gasteiger partial charge in [0.2, 0.25) is 0 Å². The lowest BCUT2D eigenvalue weighted by Gasteiger charge is -2.12. The van der Waals surface area contributed by atoms with Crippen LogP contribution in [0, 0.1) is 20.8 Å². The number of hydrogen-bond acceptors (Lipinski definition) is 5. The Bertz CT molecular complexity index is 1230. The molecular weight excluding hydrogens is 418 g/mol. The van der Waals surface area contributed by atoms with Gasteiger partial charge in [-0.05, 0) is 74.9 Å². The van der Waals surface area contributed by atoms with Crippen LogP contribution >= 0.6 is 0 Å². The average molecular weight is 442 g/mol. The molecule has 3 aromatic rings. The number of carbonyl (C=O) groups excluding carboxylic acids is 2. The quantitative estimate of drug-likeness (QED) is 0.452. The van der Waals surface area contributed by atoms with Gasteiger partial charge in [0.15, 0.2) is 0 Å². The lowest BCUT2D eigenvalue weighted by Crippen LogP contribution is -2.41. The number of esters is 1. The summed E-state index contributed by atoms with van der Waals surface area (Å²) < 4.78 is 32.0. The van der Waals surface area contributed by atoms with Crippen LogP contribution in [0.5, 0.6) is 0 Å². The van der Waals surface area contributed by atoms with Crippen molar-refractivity contribution in [2.24, 2.45) is 0 Å². The minimum atomic E-state index is -4.11. The number of nitrogens with zero attached hydrogens (tertiary/aromatic N) is 1. The number of hydrogen-bond donors (Lipinski definition) is 2. The molecule has 0 aliphatic carbocycles. The summed E-state index contributed by atoms with van der Waals surface area (Å²) in [6, 6.07) is 15.0. The number of rotatable bonds is 6. The van der Waals surface area contributed by atoms with E-state index in [2.05, 4.69) is 15.0 Å². The fourth-order valence-corrected chi connectivity index (χ4v) is 4.32.